The summed E-state index contributed by atoms with van der Waals surface area (Å²) in [4.78, 5) is 10.6. The van der Waals surface area contributed by atoms with Crippen molar-refractivity contribution in [1.82, 2.24) is 0 Å². The lowest BCUT2D eigenvalue weighted by Gasteiger charge is -2.04. The Labute approximate surface area is 112 Å². The molecule has 0 spiro atoms. The van der Waals surface area contributed by atoms with Crippen LogP contribution in [0.3, 0.4) is 0 Å². The van der Waals surface area contributed by atoms with Crippen LogP contribution in [0.25, 0.3) is 0 Å². The van der Waals surface area contributed by atoms with Crippen LogP contribution >= 0.6 is 11.6 Å². The Hall–Kier alpha value is -1.52. The zero-order valence-electron chi connectivity index (χ0n) is 10.5. The molecule has 0 fully saturated rings. The van der Waals surface area contributed by atoms with Crippen LogP contribution in [0.15, 0.2) is 36.4 Å². The fourth-order valence-electron chi connectivity index (χ4n) is 0.826. The van der Waals surface area contributed by atoms with Gasteiger partial charge >= 0.3 is 5.97 Å². The second kappa shape index (κ2) is 8.55. The normalized spacial score (nSPS) is 10.9. The molecule has 5 heteroatoms. The molecule has 1 aromatic carbocycles. The van der Waals surface area contributed by atoms with Crippen molar-refractivity contribution in [1.29, 1.82) is 0 Å². The maximum Gasteiger partial charge on any atom is 0.333 e. The van der Waals surface area contributed by atoms with E-state index in [1.54, 1.807) is 32.0 Å². The van der Waals surface area contributed by atoms with Gasteiger partial charge in [-0.1, -0.05) is 24.2 Å². The van der Waals surface area contributed by atoms with Crippen molar-refractivity contribution in [2.75, 3.05) is 12.3 Å². The molecule has 0 saturated heterocycles. The average molecular weight is 272 g/mol. The van der Waals surface area contributed by atoms with Gasteiger partial charge in [-0.15, -0.1) is 0 Å². The van der Waals surface area contributed by atoms with Gasteiger partial charge in [0.2, 0.25) is 0 Å². The summed E-state index contributed by atoms with van der Waals surface area (Å²) in [5.41, 5.74) is 6.43. The molecule has 1 rings (SSSR count). The highest BCUT2D eigenvalue weighted by Crippen LogP contribution is 2.10. The minimum absolute atomic E-state index is 0.0334. The Balaban J connectivity index is 0.000000327. The van der Waals surface area contributed by atoms with Gasteiger partial charge in [-0.2, -0.15) is 0 Å². The van der Waals surface area contributed by atoms with Crippen LogP contribution < -0.4 is 5.73 Å². The monoisotopic (exact) mass is 271 g/mol. The van der Waals surface area contributed by atoms with Crippen molar-refractivity contribution >= 4 is 23.3 Å². The fourth-order valence-corrected chi connectivity index (χ4v) is 1.02. The third-order valence-corrected chi connectivity index (χ3v) is 1.89. The third-order valence-electron chi connectivity index (χ3n) is 1.65. The summed E-state index contributed by atoms with van der Waals surface area (Å²) in [6.07, 6.45) is -0.608. The van der Waals surface area contributed by atoms with E-state index < -0.39 is 12.1 Å². The van der Waals surface area contributed by atoms with Gasteiger partial charge in [0.15, 0.2) is 0 Å². The number of benzene rings is 1. The Morgan fingerprint density at radius 2 is 2.22 bits per heavy atom. The molecule has 100 valence electrons. The van der Waals surface area contributed by atoms with E-state index in [-0.39, 0.29) is 6.61 Å². The molecule has 0 aliphatic rings. The van der Waals surface area contributed by atoms with Crippen LogP contribution in [0.2, 0.25) is 5.02 Å². The second-order valence-corrected chi connectivity index (χ2v) is 4.22. The SMILES string of the molecule is C=C(C)C(=O)OCC(C)O.Nc1cccc(Cl)c1. The largest absolute Gasteiger partial charge is 0.460 e. The van der Waals surface area contributed by atoms with E-state index in [1.807, 2.05) is 6.07 Å². The summed E-state index contributed by atoms with van der Waals surface area (Å²) >= 11 is 5.56. The van der Waals surface area contributed by atoms with E-state index in [4.69, 9.17) is 22.4 Å². The molecule has 0 amide bonds. The number of rotatable bonds is 3. The molecule has 0 radical (unpaired) electrons. The number of carbonyl (C=O) groups is 1. The van der Waals surface area contributed by atoms with Crippen LogP contribution in [-0.4, -0.2) is 23.8 Å². The lowest BCUT2D eigenvalue weighted by atomic mass is 10.3. The van der Waals surface area contributed by atoms with Crippen LogP contribution in [0.4, 0.5) is 5.69 Å². The van der Waals surface area contributed by atoms with Crippen LogP contribution in [-0.2, 0) is 9.53 Å². The lowest BCUT2D eigenvalue weighted by molar-refractivity contribution is -0.141. The first-order valence-corrected chi connectivity index (χ1v) is 5.72. The smallest absolute Gasteiger partial charge is 0.333 e. The molecule has 0 saturated carbocycles. The maximum atomic E-state index is 10.6. The lowest BCUT2D eigenvalue weighted by Crippen LogP contribution is -2.15. The Kier molecular flexibility index (Phi) is 7.83. The Morgan fingerprint density at radius 1 is 1.61 bits per heavy atom. The fraction of sp³-hybridized carbons (Fsp3) is 0.308. The second-order valence-electron chi connectivity index (χ2n) is 3.78. The van der Waals surface area contributed by atoms with E-state index in [0.29, 0.717) is 16.3 Å². The standard InChI is InChI=1S/C7H12O3.C6H6ClN/c1-5(2)7(9)10-4-6(3)8;7-5-2-1-3-6(8)4-5/h6,8H,1,4H2,2-3H3;1-4H,8H2. The molecule has 0 aliphatic carbocycles. The topological polar surface area (TPSA) is 72.5 Å². The summed E-state index contributed by atoms with van der Waals surface area (Å²) in [5.74, 6) is -0.457. The number of halogens is 1. The molecule has 18 heavy (non-hydrogen) atoms. The molecule has 4 nitrogen and oxygen atoms in total. The first kappa shape index (κ1) is 16.5. The van der Waals surface area contributed by atoms with E-state index >= 15 is 0 Å². The number of anilines is 1. The molecule has 0 aliphatic heterocycles. The zero-order valence-corrected chi connectivity index (χ0v) is 11.3. The minimum Gasteiger partial charge on any atom is -0.460 e. The number of nitrogens with two attached hydrogens (primary N) is 1. The molecule has 0 heterocycles. The van der Waals surface area contributed by atoms with Crippen molar-refractivity contribution < 1.29 is 14.6 Å². The van der Waals surface area contributed by atoms with E-state index in [9.17, 15) is 4.79 Å². The number of hydrogen-bond donors (Lipinski definition) is 2. The van der Waals surface area contributed by atoms with Gasteiger partial charge in [0, 0.05) is 16.3 Å². The number of esters is 1. The van der Waals surface area contributed by atoms with Gasteiger partial charge in [0.05, 0.1) is 6.10 Å². The third kappa shape index (κ3) is 8.61. The summed E-state index contributed by atoms with van der Waals surface area (Å²) in [6, 6.07) is 7.11. The number of aliphatic hydroxyl groups is 1. The predicted octanol–water partition coefficient (Wildman–Crippen LogP) is 2.41. The molecule has 1 unspecified atom stereocenters. The zero-order chi connectivity index (χ0) is 14.1. The number of hydrogen-bond acceptors (Lipinski definition) is 4. The summed E-state index contributed by atoms with van der Waals surface area (Å²) in [7, 11) is 0. The van der Waals surface area contributed by atoms with Gasteiger partial charge in [-0.05, 0) is 32.0 Å². The van der Waals surface area contributed by atoms with Crippen LogP contribution in [0.1, 0.15) is 13.8 Å². The van der Waals surface area contributed by atoms with Gasteiger partial charge in [-0.3, -0.25) is 0 Å². The van der Waals surface area contributed by atoms with Crippen molar-refractivity contribution in [3.05, 3.63) is 41.4 Å². The minimum atomic E-state index is -0.608. The van der Waals surface area contributed by atoms with Crippen molar-refractivity contribution in [3.63, 3.8) is 0 Å². The van der Waals surface area contributed by atoms with Crippen LogP contribution in [0.5, 0.6) is 0 Å². The van der Waals surface area contributed by atoms with Gasteiger partial charge in [-0.25, -0.2) is 4.79 Å². The van der Waals surface area contributed by atoms with Crippen molar-refractivity contribution in [2.45, 2.75) is 20.0 Å². The summed E-state index contributed by atoms with van der Waals surface area (Å²) in [5, 5.41) is 9.36. The van der Waals surface area contributed by atoms with Gasteiger partial charge in [0.25, 0.3) is 0 Å². The number of aliphatic hydroxyl groups excluding tert-OH is 1. The molecule has 1 aromatic rings. The van der Waals surface area contributed by atoms with E-state index in [0.717, 1.165) is 0 Å². The highest BCUT2D eigenvalue weighted by Gasteiger charge is 2.03. The highest BCUT2D eigenvalue weighted by molar-refractivity contribution is 6.30. The molecular formula is C13H18ClNO3. The van der Waals surface area contributed by atoms with Gasteiger partial charge in [0.1, 0.15) is 6.61 Å². The quantitative estimate of drug-likeness (QED) is 0.503. The summed E-state index contributed by atoms with van der Waals surface area (Å²) in [6.45, 7) is 6.52. The van der Waals surface area contributed by atoms with Crippen LogP contribution in [0, 0.1) is 0 Å². The van der Waals surface area contributed by atoms with Gasteiger partial charge < -0.3 is 15.6 Å². The molecule has 3 N–H and O–H groups in total. The van der Waals surface area contributed by atoms with Crippen molar-refractivity contribution in [3.8, 4) is 0 Å². The number of carbonyl (C=O) groups excluding carboxylic acids is 1. The number of nitrogen functional groups attached to an aromatic ring is 1. The predicted molar refractivity (Wildman–Crippen MR) is 73.3 cm³/mol. The Morgan fingerprint density at radius 3 is 2.56 bits per heavy atom. The highest BCUT2D eigenvalue weighted by atomic mass is 35.5. The summed E-state index contributed by atoms with van der Waals surface area (Å²) < 4.78 is 4.58. The van der Waals surface area contributed by atoms with E-state index in [1.165, 1.54) is 0 Å². The first-order chi connectivity index (χ1) is 8.32. The first-order valence-electron chi connectivity index (χ1n) is 5.34. The molecular weight excluding hydrogens is 254 g/mol. The van der Waals surface area contributed by atoms with Crippen molar-refractivity contribution in [2.24, 2.45) is 0 Å². The molecule has 0 aromatic heterocycles. The molecule has 0 bridgehead atoms. The average Bonchev–Trinajstić information content (AvgIpc) is 2.26. The van der Waals surface area contributed by atoms with E-state index in [2.05, 4.69) is 11.3 Å². The number of ether oxygens (including phenoxy) is 1. The molecule has 1 atom stereocenters. The maximum absolute atomic E-state index is 10.6. The Bertz CT molecular complexity index is 388.